The summed E-state index contributed by atoms with van der Waals surface area (Å²) in [6, 6.07) is 1.85. The molecule has 0 fully saturated rings. The van der Waals surface area contributed by atoms with E-state index in [4.69, 9.17) is 10.5 Å². The SMILES string of the molecule is COCC(CCCN)Nc1ccc(F)c(F)c1F. The smallest absolute Gasteiger partial charge is 0.196 e. The van der Waals surface area contributed by atoms with Crippen LogP contribution in [-0.4, -0.2) is 26.3 Å². The first-order valence-corrected chi connectivity index (χ1v) is 5.69. The van der Waals surface area contributed by atoms with Crippen LogP contribution in [0.25, 0.3) is 0 Å². The molecule has 0 radical (unpaired) electrons. The van der Waals surface area contributed by atoms with E-state index in [1.807, 2.05) is 0 Å². The van der Waals surface area contributed by atoms with E-state index >= 15 is 0 Å². The number of rotatable bonds is 7. The van der Waals surface area contributed by atoms with E-state index < -0.39 is 17.5 Å². The second kappa shape index (κ2) is 7.23. The lowest BCUT2D eigenvalue weighted by Crippen LogP contribution is -2.26. The Morgan fingerprint density at radius 1 is 1.28 bits per heavy atom. The standard InChI is InChI=1S/C12H17F3N2O/c1-18-7-8(3-2-6-16)17-10-5-4-9(13)11(14)12(10)15/h4-5,8,17H,2-3,6-7,16H2,1H3. The van der Waals surface area contributed by atoms with Gasteiger partial charge in [0.05, 0.1) is 12.3 Å². The summed E-state index contributed by atoms with van der Waals surface area (Å²) in [5, 5.41) is 2.79. The number of nitrogens with two attached hydrogens (primary N) is 1. The fourth-order valence-electron chi connectivity index (χ4n) is 1.62. The van der Waals surface area contributed by atoms with Gasteiger partial charge in [-0.1, -0.05) is 0 Å². The molecule has 0 aromatic heterocycles. The average molecular weight is 262 g/mol. The molecule has 0 amide bonds. The van der Waals surface area contributed by atoms with Gasteiger partial charge in [0.1, 0.15) is 0 Å². The van der Waals surface area contributed by atoms with E-state index in [-0.39, 0.29) is 11.7 Å². The second-order valence-corrected chi connectivity index (χ2v) is 3.95. The normalized spacial score (nSPS) is 12.5. The number of hydrogen-bond acceptors (Lipinski definition) is 3. The van der Waals surface area contributed by atoms with Crippen LogP contribution in [0.1, 0.15) is 12.8 Å². The Balaban J connectivity index is 2.77. The van der Waals surface area contributed by atoms with Crippen molar-refractivity contribution in [1.29, 1.82) is 0 Å². The van der Waals surface area contributed by atoms with Gasteiger partial charge in [-0.2, -0.15) is 0 Å². The highest BCUT2D eigenvalue weighted by Gasteiger charge is 2.16. The third-order valence-electron chi connectivity index (χ3n) is 2.52. The molecule has 1 atom stereocenters. The highest BCUT2D eigenvalue weighted by atomic mass is 19.2. The molecule has 3 nitrogen and oxygen atoms in total. The summed E-state index contributed by atoms with van der Waals surface area (Å²) in [6.45, 7) is 0.834. The number of methoxy groups -OCH3 is 1. The summed E-state index contributed by atoms with van der Waals surface area (Å²) in [6.07, 6.45) is 1.38. The van der Waals surface area contributed by atoms with Crippen molar-refractivity contribution in [2.75, 3.05) is 25.6 Å². The summed E-state index contributed by atoms with van der Waals surface area (Å²) >= 11 is 0. The van der Waals surface area contributed by atoms with Gasteiger partial charge in [-0.15, -0.1) is 0 Å². The molecule has 0 saturated carbocycles. The van der Waals surface area contributed by atoms with Crippen LogP contribution in [0, 0.1) is 17.5 Å². The van der Waals surface area contributed by atoms with E-state index in [0.717, 1.165) is 12.5 Å². The molecule has 1 aromatic carbocycles. The lowest BCUT2D eigenvalue weighted by atomic mass is 10.1. The van der Waals surface area contributed by atoms with Gasteiger partial charge in [0, 0.05) is 13.2 Å². The van der Waals surface area contributed by atoms with Gasteiger partial charge < -0.3 is 15.8 Å². The Kier molecular flexibility index (Phi) is 5.94. The van der Waals surface area contributed by atoms with Crippen LogP contribution in [0.4, 0.5) is 18.9 Å². The van der Waals surface area contributed by atoms with Gasteiger partial charge in [0.25, 0.3) is 0 Å². The van der Waals surface area contributed by atoms with Crippen molar-refractivity contribution in [2.45, 2.75) is 18.9 Å². The fourth-order valence-corrected chi connectivity index (χ4v) is 1.62. The largest absolute Gasteiger partial charge is 0.383 e. The summed E-state index contributed by atoms with van der Waals surface area (Å²) in [7, 11) is 1.51. The van der Waals surface area contributed by atoms with E-state index in [0.29, 0.717) is 19.6 Å². The van der Waals surface area contributed by atoms with Crippen molar-refractivity contribution in [2.24, 2.45) is 5.73 Å². The van der Waals surface area contributed by atoms with Gasteiger partial charge in [0.15, 0.2) is 17.5 Å². The molecule has 102 valence electrons. The number of nitrogens with one attached hydrogen (secondary N) is 1. The molecule has 0 heterocycles. The fraction of sp³-hybridized carbons (Fsp3) is 0.500. The number of anilines is 1. The number of ether oxygens (including phenoxy) is 1. The van der Waals surface area contributed by atoms with Gasteiger partial charge in [0.2, 0.25) is 0 Å². The second-order valence-electron chi connectivity index (χ2n) is 3.95. The van der Waals surface area contributed by atoms with Gasteiger partial charge in [-0.05, 0) is 31.5 Å². The first-order valence-electron chi connectivity index (χ1n) is 5.69. The summed E-state index contributed by atoms with van der Waals surface area (Å²) in [4.78, 5) is 0. The third kappa shape index (κ3) is 3.89. The van der Waals surface area contributed by atoms with Crippen molar-refractivity contribution >= 4 is 5.69 Å². The molecule has 6 heteroatoms. The molecule has 18 heavy (non-hydrogen) atoms. The van der Waals surface area contributed by atoms with E-state index in [2.05, 4.69) is 5.32 Å². The maximum Gasteiger partial charge on any atom is 0.196 e. The van der Waals surface area contributed by atoms with Crippen LogP contribution in [0.2, 0.25) is 0 Å². The first-order chi connectivity index (χ1) is 8.60. The van der Waals surface area contributed by atoms with Crippen molar-refractivity contribution in [1.82, 2.24) is 0 Å². The van der Waals surface area contributed by atoms with Crippen LogP contribution >= 0.6 is 0 Å². The Labute approximate surface area is 104 Å². The minimum absolute atomic E-state index is 0.0760. The quantitative estimate of drug-likeness (QED) is 0.741. The summed E-state index contributed by atoms with van der Waals surface area (Å²) < 4.78 is 44.2. The molecule has 3 N–H and O–H groups in total. The number of hydrogen-bond donors (Lipinski definition) is 2. The molecule has 1 aromatic rings. The highest BCUT2D eigenvalue weighted by molar-refractivity contribution is 5.46. The number of benzene rings is 1. The molecular formula is C12H17F3N2O. The van der Waals surface area contributed by atoms with Gasteiger partial charge >= 0.3 is 0 Å². The van der Waals surface area contributed by atoms with Crippen LogP contribution < -0.4 is 11.1 Å². The molecule has 1 rings (SSSR count). The van der Waals surface area contributed by atoms with Gasteiger partial charge in [-0.25, -0.2) is 13.2 Å². The Hall–Kier alpha value is -1.27. The van der Waals surface area contributed by atoms with Crippen molar-refractivity contribution in [3.63, 3.8) is 0 Å². The summed E-state index contributed by atoms with van der Waals surface area (Å²) in [5.41, 5.74) is 5.31. The third-order valence-corrected chi connectivity index (χ3v) is 2.52. The lowest BCUT2D eigenvalue weighted by molar-refractivity contribution is 0.182. The molecule has 0 aliphatic carbocycles. The van der Waals surface area contributed by atoms with E-state index in [1.54, 1.807) is 0 Å². The molecule has 0 saturated heterocycles. The zero-order valence-electron chi connectivity index (χ0n) is 10.2. The first kappa shape index (κ1) is 14.8. The van der Waals surface area contributed by atoms with Crippen LogP contribution in [0.15, 0.2) is 12.1 Å². The highest BCUT2D eigenvalue weighted by Crippen LogP contribution is 2.21. The minimum Gasteiger partial charge on any atom is -0.383 e. The molecule has 0 aliphatic rings. The lowest BCUT2D eigenvalue weighted by Gasteiger charge is -2.19. The van der Waals surface area contributed by atoms with E-state index in [1.165, 1.54) is 13.2 Å². The van der Waals surface area contributed by atoms with Crippen LogP contribution in [0.5, 0.6) is 0 Å². The maximum atomic E-state index is 13.4. The van der Waals surface area contributed by atoms with Gasteiger partial charge in [-0.3, -0.25) is 0 Å². The molecule has 1 unspecified atom stereocenters. The van der Waals surface area contributed by atoms with Crippen LogP contribution in [0.3, 0.4) is 0 Å². The molecule has 0 spiro atoms. The zero-order valence-corrected chi connectivity index (χ0v) is 10.2. The Morgan fingerprint density at radius 2 is 2.00 bits per heavy atom. The molecular weight excluding hydrogens is 245 g/mol. The number of halogens is 3. The van der Waals surface area contributed by atoms with Crippen LogP contribution in [-0.2, 0) is 4.74 Å². The topological polar surface area (TPSA) is 47.3 Å². The molecule has 0 bridgehead atoms. The predicted octanol–water partition coefficient (Wildman–Crippen LogP) is 2.27. The molecule has 0 aliphatic heterocycles. The predicted molar refractivity (Wildman–Crippen MR) is 63.9 cm³/mol. The monoisotopic (exact) mass is 262 g/mol. The zero-order chi connectivity index (χ0) is 13.5. The Morgan fingerprint density at radius 3 is 2.61 bits per heavy atom. The van der Waals surface area contributed by atoms with Crippen molar-refractivity contribution in [3.8, 4) is 0 Å². The van der Waals surface area contributed by atoms with Crippen molar-refractivity contribution in [3.05, 3.63) is 29.6 Å². The Bertz CT molecular complexity index is 388. The van der Waals surface area contributed by atoms with E-state index in [9.17, 15) is 13.2 Å². The minimum atomic E-state index is -1.48. The average Bonchev–Trinajstić information content (AvgIpc) is 2.36. The maximum absolute atomic E-state index is 13.4. The van der Waals surface area contributed by atoms with Crippen molar-refractivity contribution < 1.29 is 17.9 Å². The summed E-state index contributed by atoms with van der Waals surface area (Å²) in [5.74, 6) is -3.90.